The molecule has 1 amide bonds. The first-order chi connectivity index (χ1) is 15.9. The molecule has 7 nitrogen and oxygen atoms in total. The molecule has 1 aliphatic heterocycles. The molecular weight excluding hydrogens is 436 g/mol. The highest BCUT2D eigenvalue weighted by Gasteiger charge is 2.26. The summed E-state index contributed by atoms with van der Waals surface area (Å²) in [6.45, 7) is 3.83. The van der Waals surface area contributed by atoms with Crippen LogP contribution >= 0.6 is 0 Å². The number of carbonyl (C=O) groups excluding carboxylic acids is 1. The number of piperidine rings is 1. The van der Waals surface area contributed by atoms with E-state index in [2.05, 4.69) is 29.4 Å². The highest BCUT2D eigenvalue weighted by molar-refractivity contribution is 7.89. The summed E-state index contributed by atoms with van der Waals surface area (Å²) in [5, 5.41) is 3.01. The van der Waals surface area contributed by atoms with Gasteiger partial charge in [-0.05, 0) is 42.5 Å². The van der Waals surface area contributed by atoms with Crippen molar-refractivity contribution in [3.05, 3.63) is 59.9 Å². The second-order valence-corrected chi connectivity index (χ2v) is 10.8. The maximum atomic E-state index is 13.0. The minimum Gasteiger partial charge on any atom is -0.355 e. The summed E-state index contributed by atoms with van der Waals surface area (Å²) in [5.41, 5.74) is 2.70. The molecule has 2 aromatic carbocycles. The van der Waals surface area contributed by atoms with Crippen molar-refractivity contribution in [1.82, 2.24) is 19.2 Å². The normalized spacial score (nSPS) is 16.1. The molecule has 0 unspecified atom stereocenters. The Bertz CT molecular complexity index is 1220. The molecule has 4 rings (SSSR count). The van der Waals surface area contributed by atoms with Gasteiger partial charge in [0.05, 0.1) is 15.9 Å². The third-order valence-electron chi connectivity index (χ3n) is 6.45. The van der Waals surface area contributed by atoms with E-state index in [0.717, 1.165) is 30.6 Å². The number of rotatable bonds is 8. The Balaban J connectivity index is 1.40. The van der Waals surface area contributed by atoms with E-state index in [0.29, 0.717) is 38.0 Å². The first-order valence-corrected chi connectivity index (χ1v) is 13.1. The van der Waals surface area contributed by atoms with E-state index in [-0.39, 0.29) is 16.7 Å². The predicted molar refractivity (Wildman–Crippen MR) is 130 cm³/mol. The van der Waals surface area contributed by atoms with Gasteiger partial charge in [0.25, 0.3) is 0 Å². The minimum absolute atomic E-state index is 0.0156. The fourth-order valence-electron chi connectivity index (χ4n) is 4.35. The molecule has 1 fully saturated rings. The van der Waals surface area contributed by atoms with Crippen molar-refractivity contribution in [3.63, 3.8) is 0 Å². The Morgan fingerprint density at radius 3 is 2.55 bits per heavy atom. The van der Waals surface area contributed by atoms with E-state index >= 15 is 0 Å². The summed E-state index contributed by atoms with van der Waals surface area (Å²) in [5.74, 6) is 0.994. The molecular formula is C25H32N4O3S. The molecule has 0 saturated carbocycles. The molecule has 0 spiro atoms. The molecule has 3 aromatic rings. The lowest BCUT2D eigenvalue weighted by atomic mass is 10.0. The molecule has 1 aliphatic rings. The number of benzene rings is 2. The summed E-state index contributed by atoms with van der Waals surface area (Å²) in [4.78, 5) is 17.3. The van der Waals surface area contributed by atoms with Crippen LogP contribution in [0, 0.1) is 0 Å². The summed E-state index contributed by atoms with van der Waals surface area (Å²) in [7, 11) is -1.60. The number of sulfonamides is 1. The molecule has 33 heavy (non-hydrogen) atoms. The molecule has 0 radical (unpaired) electrons. The van der Waals surface area contributed by atoms with E-state index in [4.69, 9.17) is 0 Å². The molecule has 0 bridgehead atoms. The number of nitrogens with one attached hydrogen (secondary N) is 1. The van der Waals surface area contributed by atoms with Gasteiger partial charge < -0.3 is 9.88 Å². The number of aryl methyl sites for hydroxylation is 2. The molecule has 8 heteroatoms. The van der Waals surface area contributed by atoms with Crippen molar-refractivity contribution < 1.29 is 13.2 Å². The lowest BCUT2D eigenvalue weighted by Gasteiger charge is -2.25. The number of nitrogens with zero attached hydrogens (tertiary/aromatic N) is 3. The van der Waals surface area contributed by atoms with Crippen molar-refractivity contribution >= 4 is 27.0 Å². The predicted octanol–water partition coefficient (Wildman–Crippen LogP) is 3.60. The average molecular weight is 469 g/mol. The second-order valence-electron chi connectivity index (χ2n) is 8.82. The second kappa shape index (κ2) is 10.1. The summed E-state index contributed by atoms with van der Waals surface area (Å²) >= 11 is 0. The zero-order valence-electron chi connectivity index (χ0n) is 19.3. The van der Waals surface area contributed by atoms with Crippen molar-refractivity contribution in [2.75, 3.05) is 19.6 Å². The largest absolute Gasteiger partial charge is 0.355 e. The molecule has 176 valence electrons. The molecule has 1 N–H and O–H groups in total. The highest BCUT2D eigenvalue weighted by Crippen LogP contribution is 2.25. The van der Waals surface area contributed by atoms with Crippen LogP contribution in [0.5, 0.6) is 0 Å². The number of fused-ring (bicyclic) bond motifs is 1. The van der Waals surface area contributed by atoms with Crippen LogP contribution in [-0.4, -0.2) is 47.8 Å². The van der Waals surface area contributed by atoms with Crippen LogP contribution in [0.1, 0.15) is 49.9 Å². The van der Waals surface area contributed by atoms with E-state index in [9.17, 15) is 13.2 Å². The van der Waals surface area contributed by atoms with Crippen LogP contribution in [-0.2, 0) is 28.3 Å². The zero-order valence-corrected chi connectivity index (χ0v) is 20.1. The third kappa shape index (κ3) is 5.28. The Kier molecular flexibility index (Phi) is 7.14. The van der Waals surface area contributed by atoms with Crippen molar-refractivity contribution in [2.24, 2.45) is 7.05 Å². The number of amides is 1. The maximum Gasteiger partial charge on any atom is 0.243 e. The van der Waals surface area contributed by atoms with E-state index in [1.165, 1.54) is 5.56 Å². The number of hydrogen-bond acceptors (Lipinski definition) is 4. The Hall–Kier alpha value is -2.71. The van der Waals surface area contributed by atoms with Gasteiger partial charge >= 0.3 is 0 Å². The van der Waals surface area contributed by atoms with Gasteiger partial charge in [0.1, 0.15) is 5.82 Å². The molecule has 1 aromatic heterocycles. The average Bonchev–Trinajstić information content (AvgIpc) is 3.17. The molecule has 1 saturated heterocycles. The topological polar surface area (TPSA) is 84.3 Å². The van der Waals surface area contributed by atoms with Crippen LogP contribution in [0.3, 0.4) is 0 Å². The Labute approximate surface area is 195 Å². The van der Waals surface area contributed by atoms with E-state index in [1.54, 1.807) is 16.4 Å². The number of aromatic nitrogens is 2. The third-order valence-corrected chi connectivity index (χ3v) is 8.34. The van der Waals surface area contributed by atoms with Crippen molar-refractivity contribution in [3.8, 4) is 0 Å². The molecule has 1 atom stereocenters. The van der Waals surface area contributed by atoms with Gasteiger partial charge in [-0.25, -0.2) is 13.4 Å². The molecule has 2 heterocycles. The Morgan fingerprint density at radius 2 is 1.82 bits per heavy atom. The van der Waals surface area contributed by atoms with Gasteiger partial charge in [-0.2, -0.15) is 4.31 Å². The van der Waals surface area contributed by atoms with Crippen LogP contribution in [0.25, 0.3) is 11.0 Å². The zero-order chi connectivity index (χ0) is 23.4. The monoisotopic (exact) mass is 468 g/mol. The van der Waals surface area contributed by atoms with Crippen molar-refractivity contribution in [2.45, 2.75) is 49.8 Å². The summed E-state index contributed by atoms with van der Waals surface area (Å²) < 4.78 is 29.5. The van der Waals surface area contributed by atoms with Gasteiger partial charge in [-0.1, -0.05) is 43.7 Å². The number of carbonyl (C=O) groups is 1. The van der Waals surface area contributed by atoms with Gasteiger partial charge in [-0.3, -0.25) is 4.79 Å². The fourth-order valence-corrected chi connectivity index (χ4v) is 5.89. The minimum atomic E-state index is -3.50. The first kappa shape index (κ1) is 23.4. The Morgan fingerprint density at radius 1 is 1.09 bits per heavy atom. The van der Waals surface area contributed by atoms with Crippen LogP contribution < -0.4 is 5.32 Å². The number of hydrogen-bond donors (Lipinski definition) is 1. The smallest absolute Gasteiger partial charge is 0.243 e. The lowest BCUT2D eigenvalue weighted by molar-refractivity contribution is -0.121. The highest BCUT2D eigenvalue weighted by atomic mass is 32.2. The van der Waals surface area contributed by atoms with Crippen LogP contribution in [0.4, 0.5) is 0 Å². The quantitative estimate of drug-likeness (QED) is 0.547. The lowest BCUT2D eigenvalue weighted by Crippen LogP contribution is -2.35. The van der Waals surface area contributed by atoms with Gasteiger partial charge in [0.15, 0.2) is 0 Å². The molecule has 0 aliphatic carbocycles. The first-order valence-electron chi connectivity index (χ1n) is 11.6. The maximum absolute atomic E-state index is 13.0. The number of imidazole rings is 1. The van der Waals surface area contributed by atoms with E-state index in [1.807, 2.05) is 35.9 Å². The van der Waals surface area contributed by atoms with Crippen molar-refractivity contribution in [1.29, 1.82) is 0 Å². The fraction of sp³-hybridized carbons (Fsp3) is 0.440. The SMILES string of the molecule is C[C@@H](CNC(=O)CCc1nc2cc(S(=O)(=O)N3CCCCC3)ccc2n1C)c1ccccc1. The van der Waals surface area contributed by atoms with Gasteiger partial charge in [0, 0.05) is 39.5 Å². The van der Waals surface area contributed by atoms with Crippen LogP contribution in [0.15, 0.2) is 53.4 Å². The summed E-state index contributed by atoms with van der Waals surface area (Å²) in [6, 6.07) is 15.2. The summed E-state index contributed by atoms with van der Waals surface area (Å²) in [6.07, 6.45) is 3.71. The van der Waals surface area contributed by atoms with E-state index < -0.39 is 10.0 Å². The van der Waals surface area contributed by atoms with Gasteiger partial charge in [-0.15, -0.1) is 0 Å². The van der Waals surface area contributed by atoms with Gasteiger partial charge in [0.2, 0.25) is 15.9 Å². The standard InChI is InChI=1S/C25H32N4O3S/c1-19(20-9-5-3-6-10-20)18-26-25(30)14-13-24-27-22-17-21(11-12-23(22)28(24)2)33(31,32)29-15-7-4-8-16-29/h3,5-6,9-12,17,19H,4,7-8,13-16,18H2,1-2H3,(H,26,30)/t19-/m0/s1. The van der Waals surface area contributed by atoms with Crippen LogP contribution in [0.2, 0.25) is 0 Å².